The van der Waals surface area contributed by atoms with Gasteiger partial charge < -0.3 is 9.64 Å². The van der Waals surface area contributed by atoms with Gasteiger partial charge in [-0.1, -0.05) is 63.5 Å². The van der Waals surface area contributed by atoms with Gasteiger partial charge in [0.15, 0.2) is 11.9 Å². The predicted octanol–water partition coefficient (Wildman–Crippen LogP) is 8.08. The van der Waals surface area contributed by atoms with Crippen molar-refractivity contribution in [3.8, 4) is 9.75 Å². The smallest absolute Gasteiger partial charge is 0.350 e. The van der Waals surface area contributed by atoms with Crippen molar-refractivity contribution in [2.75, 3.05) is 7.11 Å². The number of ether oxygens (including phenoxy) is 1. The number of quaternary nitrogens is 1. The second-order valence-corrected chi connectivity index (χ2v) is 13.2. The molecule has 4 nitrogen and oxygen atoms in total. The SMILES string of the molecule is C=C(CCCCCCC)N1C(c2ccc(-c3cc4ccccc4s3)s2)=C2C(=O)[NH2+]C(c3cccs3)=C2C1OC. The van der Waals surface area contributed by atoms with Crippen LogP contribution in [-0.4, -0.2) is 24.1 Å². The number of allylic oxidation sites excluding steroid dienone is 1. The summed E-state index contributed by atoms with van der Waals surface area (Å²) in [5.41, 5.74) is 4.68. The molecule has 5 heterocycles. The molecule has 0 aliphatic carbocycles. The van der Waals surface area contributed by atoms with Gasteiger partial charge in [-0.2, -0.15) is 0 Å². The summed E-state index contributed by atoms with van der Waals surface area (Å²) >= 11 is 5.22. The standard InChI is InChI=1S/C32H32N2O2S3/c1-4-5-6-7-8-12-20(2)34-30(25-17-16-23(39-25)26-19-21-13-9-10-14-22(21)38-26)28-27(32(34)36-3)29(33-31(28)35)24-15-11-18-37-24/h9-11,13-19,32H,2,4-8,12H2,1,3H3,(H,33,35)/p+1. The largest absolute Gasteiger partial charge is 0.357 e. The number of unbranched alkanes of at least 4 members (excludes halogenated alkanes) is 4. The molecule has 1 amide bonds. The zero-order valence-electron chi connectivity index (χ0n) is 22.4. The average molecular weight is 574 g/mol. The van der Waals surface area contributed by atoms with Crippen molar-refractivity contribution in [1.29, 1.82) is 0 Å². The van der Waals surface area contributed by atoms with Crippen LogP contribution >= 0.6 is 34.0 Å². The van der Waals surface area contributed by atoms with E-state index in [1.807, 2.05) is 17.4 Å². The van der Waals surface area contributed by atoms with Crippen molar-refractivity contribution in [2.45, 2.75) is 51.7 Å². The highest BCUT2D eigenvalue weighted by atomic mass is 32.1. The summed E-state index contributed by atoms with van der Waals surface area (Å²) < 4.78 is 7.45. The van der Waals surface area contributed by atoms with Gasteiger partial charge in [-0.25, -0.2) is 10.1 Å². The Hall–Kier alpha value is -2.81. The highest BCUT2D eigenvalue weighted by Gasteiger charge is 2.50. The zero-order valence-corrected chi connectivity index (χ0v) is 24.8. The van der Waals surface area contributed by atoms with Crippen LogP contribution in [0, 0.1) is 0 Å². The van der Waals surface area contributed by atoms with E-state index in [0.29, 0.717) is 0 Å². The topological polar surface area (TPSA) is 46.2 Å². The van der Waals surface area contributed by atoms with Crippen molar-refractivity contribution in [1.82, 2.24) is 4.90 Å². The molecule has 39 heavy (non-hydrogen) atoms. The van der Waals surface area contributed by atoms with E-state index >= 15 is 0 Å². The van der Waals surface area contributed by atoms with Crippen LogP contribution in [0.25, 0.3) is 31.2 Å². The van der Waals surface area contributed by atoms with E-state index in [-0.39, 0.29) is 12.1 Å². The van der Waals surface area contributed by atoms with E-state index in [9.17, 15) is 4.79 Å². The summed E-state index contributed by atoms with van der Waals surface area (Å²) in [5, 5.41) is 5.12. The van der Waals surface area contributed by atoms with Crippen LogP contribution in [0.5, 0.6) is 0 Å². The number of benzene rings is 1. The first-order chi connectivity index (χ1) is 19.1. The molecule has 1 atom stereocenters. The molecule has 4 aromatic rings. The Kier molecular flexibility index (Phi) is 7.69. The fourth-order valence-corrected chi connectivity index (χ4v) is 8.55. The van der Waals surface area contributed by atoms with Crippen molar-refractivity contribution < 1.29 is 14.8 Å². The van der Waals surface area contributed by atoms with Gasteiger partial charge in [0.25, 0.3) is 0 Å². The lowest BCUT2D eigenvalue weighted by molar-refractivity contribution is -0.466. The van der Waals surface area contributed by atoms with E-state index in [2.05, 4.69) is 72.3 Å². The zero-order chi connectivity index (χ0) is 26.9. The predicted molar refractivity (Wildman–Crippen MR) is 165 cm³/mol. The van der Waals surface area contributed by atoms with Crippen LogP contribution in [-0.2, 0) is 9.53 Å². The molecule has 3 aromatic heterocycles. The maximum Gasteiger partial charge on any atom is 0.350 e. The summed E-state index contributed by atoms with van der Waals surface area (Å²) in [6.07, 6.45) is 6.53. The van der Waals surface area contributed by atoms with E-state index in [1.165, 1.54) is 45.5 Å². The van der Waals surface area contributed by atoms with Crippen LogP contribution in [0.15, 0.2) is 83.4 Å². The molecule has 0 spiro atoms. The molecule has 2 aliphatic heterocycles. The fourth-order valence-electron chi connectivity index (χ4n) is 5.59. The highest BCUT2D eigenvalue weighted by Crippen LogP contribution is 2.49. The lowest BCUT2D eigenvalue weighted by Gasteiger charge is -2.30. The van der Waals surface area contributed by atoms with Gasteiger partial charge in [0, 0.05) is 27.3 Å². The van der Waals surface area contributed by atoms with Crippen molar-refractivity contribution in [3.63, 3.8) is 0 Å². The van der Waals surface area contributed by atoms with E-state index < -0.39 is 0 Å². The van der Waals surface area contributed by atoms with E-state index in [4.69, 9.17) is 4.74 Å². The Balaban J connectivity index is 1.42. The molecule has 1 unspecified atom stereocenters. The number of amides is 1. The molecule has 1 aromatic carbocycles. The highest BCUT2D eigenvalue weighted by molar-refractivity contribution is 7.26. The third-order valence-corrected chi connectivity index (χ3v) is 10.8. The summed E-state index contributed by atoms with van der Waals surface area (Å²) in [7, 11) is 1.74. The van der Waals surface area contributed by atoms with Gasteiger partial charge in [0.2, 0.25) is 0 Å². The minimum absolute atomic E-state index is 0.0560. The van der Waals surface area contributed by atoms with E-state index in [0.717, 1.165) is 50.8 Å². The second kappa shape index (κ2) is 11.4. The van der Waals surface area contributed by atoms with Crippen LogP contribution < -0.4 is 5.32 Å². The average Bonchev–Trinajstić information content (AvgIpc) is 3.76. The Morgan fingerprint density at radius 1 is 0.974 bits per heavy atom. The molecular formula is C32H33N2O2S3+. The van der Waals surface area contributed by atoms with Gasteiger partial charge >= 0.3 is 5.91 Å². The molecule has 6 rings (SSSR count). The number of primary amides is 1. The van der Waals surface area contributed by atoms with Crippen molar-refractivity contribution in [3.05, 3.63) is 93.2 Å². The maximum absolute atomic E-state index is 13.6. The van der Waals surface area contributed by atoms with Gasteiger partial charge in [-0.05, 0) is 53.9 Å². The Morgan fingerprint density at radius 2 is 1.79 bits per heavy atom. The van der Waals surface area contributed by atoms with Crippen LogP contribution in [0.4, 0.5) is 0 Å². The normalized spacial score (nSPS) is 17.2. The number of thiophene rings is 3. The summed E-state index contributed by atoms with van der Waals surface area (Å²) in [4.78, 5) is 20.5. The lowest BCUT2D eigenvalue weighted by atomic mass is 10.1. The number of nitrogens with two attached hydrogens (primary N) is 1. The van der Waals surface area contributed by atoms with Gasteiger partial charge in [0.05, 0.1) is 21.0 Å². The number of methoxy groups -OCH3 is 1. The summed E-state index contributed by atoms with van der Waals surface area (Å²) in [6, 6.07) is 19.3. The number of nitrogens with zero attached hydrogens (tertiary/aromatic N) is 1. The van der Waals surface area contributed by atoms with Gasteiger partial charge in [-0.3, -0.25) is 0 Å². The van der Waals surface area contributed by atoms with Crippen LogP contribution in [0.3, 0.4) is 0 Å². The number of fused-ring (bicyclic) bond motifs is 2. The minimum atomic E-state index is -0.368. The molecule has 200 valence electrons. The quantitative estimate of drug-likeness (QED) is 0.185. The molecule has 0 saturated carbocycles. The van der Waals surface area contributed by atoms with Crippen LogP contribution in [0.1, 0.15) is 55.2 Å². The monoisotopic (exact) mass is 573 g/mol. The first-order valence-corrected chi connectivity index (χ1v) is 16.1. The maximum atomic E-state index is 13.6. The molecular weight excluding hydrogens is 541 g/mol. The molecule has 2 aliphatic rings. The number of hydrogen-bond donors (Lipinski definition) is 1. The van der Waals surface area contributed by atoms with Crippen molar-refractivity contribution in [2.24, 2.45) is 0 Å². The molecule has 0 radical (unpaired) electrons. The molecule has 2 N–H and O–H groups in total. The first-order valence-electron chi connectivity index (χ1n) is 13.6. The summed E-state index contributed by atoms with van der Waals surface area (Å²) in [5.74, 6) is 0.0560. The third-order valence-electron chi connectivity index (χ3n) is 7.47. The second-order valence-electron chi connectivity index (χ2n) is 10.0. The fraction of sp³-hybridized carbons (Fsp3) is 0.281. The van der Waals surface area contributed by atoms with Gasteiger partial charge in [-0.15, -0.1) is 34.0 Å². The molecule has 0 bridgehead atoms. The summed E-state index contributed by atoms with van der Waals surface area (Å²) in [6.45, 7) is 6.78. The number of carbonyl (C=O) groups excluding carboxylic acids is 1. The third kappa shape index (κ3) is 4.87. The molecule has 7 heteroatoms. The number of rotatable bonds is 11. The van der Waals surface area contributed by atoms with E-state index in [1.54, 1.807) is 35.1 Å². The Bertz CT molecular complexity index is 1560. The Morgan fingerprint density at radius 3 is 2.56 bits per heavy atom. The molecule has 0 fully saturated rings. The minimum Gasteiger partial charge on any atom is -0.357 e. The van der Waals surface area contributed by atoms with Gasteiger partial charge in [0.1, 0.15) is 5.57 Å². The van der Waals surface area contributed by atoms with Crippen molar-refractivity contribution >= 4 is 61.4 Å². The van der Waals surface area contributed by atoms with Crippen LogP contribution in [0.2, 0.25) is 0 Å². The number of carbonyl (C=O) groups is 1. The first kappa shape index (κ1) is 26.4. The molecule has 0 saturated heterocycles. The number of hydrogen-bond acceptors (Lipinski definition) is 6. The Labute approximate surface area is 241 Å². The lowest BCUT2D eigenvalue weighted by Crippen LogP contribution is -2.83.